The Kier molecular flexibility index (Phi) is 7.96. The van der Waals surface area contributed by atoms with E-state index in [0.717, 1.165) is 23.9 Å². The number of benzene rings is 3. The van der Waals surface area contributed by atoms with Gasteiger partial charge in [0.25, 0.3) is 0 Å². The Labute approximate surface area is 189 Å². The Balaban J connectivity index is 0.000000364. The van der Waals surface area contributed by atoms with Gasteiger partial charge in [-0.25, -0.2) is 8.42 Å². The summed E-state index contributed by atoms with van der Waals surface area (Å²) in [5, 5.41) is 10.5. The summed E-state index contributed by atoms with van der Waals surface area (Å²) in [5.41, 5.74) is 5.88. The highest BCUT2D eigenvalue weighted by Gasteiger charge is 2.18. The van der Waals surface area contributed by atoms with Crippen molar-refractivity contribution in [3.63, 3.8) is 0 Å². The second-order valence-electron chi connectivity index (χ2n) is 6.93. The molecule has 4 aromatic rings. The molecule has 0 atom stereocenters. The van der Waals surface area contributed by atoms with Crippen LogP contribution in [-0.4, -0.2) is 30.7 Å². The molecular formula is C23H23NO8S. The van der Waals surface area contributed by atoms with E-state index in [0.29, 0.717) is 5.39 Å². The molecule has 0 spiro atoms. The van der Waals surface area contributed by atoms with Crippen LogP contribution in [-0.2, 0) is 10.1 Å². The number of para-hydroxylation sites is 1. The van der Waals surface area contributed by atoms with Gasteiger partial charge in [-0.05, 0) is 37.3 Å². The number of phenolic OH excluding ortho intramolecular Hbond substituents is 1. The van der Waals surface area contributed by atoms with Crippen molar-refractivity contribution in [1.82, 2.24) is 0 Å². The van der Waals surface area contributed by atoms with E-state index in [9.17, 15) is 22.9 Å². The van der Waals surface area contributed by atoms with Crippen LogP contribution >= 0.6 is 0 Å². The van der Waals surface area contributed by atoms with Crippen LogP contribution in [0, 0.1) is 6.92 Å². The van der Waals surface area contributed by atoms with E-state index in [1.807, 2.05) is 12.1 Å². The number of aryl methyl sites for hydroxylation is 1. The molecule has 0 fully saturated rings. The minimum Gasteiger partial charge on any atom is -0.744 e. The Morgan fingerprint density at radius 3 is 2.24 bits per heavy atom. The molecule has 0 radical (unpaired) electrons. The predicted molar refractivity (Wildman–Crippen MR) is 121 cm³/mol. The fraction of sp³-hybridized carbons (Fsp3) is 0.0870. The number of quaternary nitrogens is 1. The van der Waals surface area contributed by atoms with E-state index >= 15 is 0 Å². The van der Waals surface area contributed by atoms with Crippen LogP contribution in [0.25, 0.3) is 22.3 Å². The van der Waals surface area contributed by atoms with Gasteiger partial charge in [0.1, 0.15) is 27.1 Å². The van der Waals surface area contributed by atoms with Crippen molar-refractivity contribution in [1.29, 1.82) is 0 Å². The monoisotopic (exact) mass is 473 g/mol. The van der Waals surface area contributed by atoms with Gasteiger partial charge in [0.05, 0.1) is 23.0 Å². The lowest BCUT2D eigenvalue weighted by atomic mass is 10.1. The highest BCUT2D eigenvalue weighted by molar-refractivity contribution is 7.85. The van der Waals surface area contributed by atoms with Gasteiger partial charge in [-0.15, -0.1) is 0 Å². The summed E-state index contributed by atoms with van der Waals surface area (Å²) in [5.74, 6) is -0.749. The van der Waals surface area contributed by atoms with Crippen molar-refractivity contribution in [2.45, 2.75) is 11.8 Å². The number of fused-ring (bicyclic) bond motifs is 1. The van der Waals surface area contributed by atoms with Gasteiger partial charge in [-0.2, -0.15) is 0 Å². The molecule has 4 rings (SSSR count). The largest absolute Gasteiger partial charge is 0.744 e. The van der Waals surface area contributed by atoms with Crippen LogP contribution in [0.2, 0.25) is 0 Å². The molecule has 0 unspecified atom stereocenters. The maximum absolute atomic E-state index is 12.2. The molecule has 0 saturated carbocycles. The van der Waals surface area contributed by atoms with Crippen LogP contribution < -0.4 is 15.9 Å². The number of ether oxygens (including phenoxy) is 1. The third kappa shape index (κ3) is 5.96. The number of aromatic hydroxyl groups is 1. The fourth-order valence-electron chi connectivity index (χ4n) is 2.90. The molecule has 0 amide bonds. The van der Waals surface area contributed by atoms with Gasteiger partial charge in [0.2, 0.25) is 0 Å². The first-order valence-electron chi connectivity index (χ1n) is 9.39. The molecule has 1 aromatic heterocycles. The van der Waals surface area contributed by atoms with Gasteiger partial charge >= 0.3 is 0 Å². The summed E-state index contributed by atoms with van der Waals surface area (Å²) >= 11 is 0. The van der Waals surface area contributed by atoms with Gasteiger partial charge in [0, 0.05) is 12.1 Å². The summed E-state index contributed by atoms with van der Waals surface area (Å²) in [4.78, 5) is 11.6. The van der Waals surface area contributed by atoms with Crippen molar-refractivity contribution >= 4 is 26.8 Å². The maximum Gasteiger partial charge on any atom is 0.193 e. The molecule has 0 aliphatic heterocycles. The quantitative estimate of drug-likeness (QED) is 0.428. The van der Waals surface area contributed by atoms with Crippen LogP contribution in [0.5, 0.6) is 11.5 Å². The zero-order chi connectivity index (χ0) is 23.5. The molecule has 10 heteroatoms. The molecule has 6 N–H and O–H groups in total. The fourth-order valence-corrected chi connectivity index (χ4v) is 3.41. The van der Waals surface area contributed by atoms with E-state index in [4.69, 9.17) is 9.15 Å². The molecule has 0 aliphatic carbocycles. The second kappa shape index (κ2) is 10.3. The SMILES string of the molecule is COc1cc(S(=O)(=O)[O-])cc(-c2cc(=O)c3ccccc3o2)c1O.Cc1ccc([NH3+])cc1.O. The van der Waals surface area contributed by atoms with Gasteiger partial charge in [0.15, 0.2) is 16.9 Å². The minimum absolute atomic E-state index is 0. The van der Waals surface area contributed by atoms with Crippen molar-refractivity contribution in [2.24, 2.45) is 0 Å². The highest BCUT2D eigenvalue weighted by atomic mass is 32.2. The Morgan fingerprint density at radius 1 is 1.03 bits per heavy atom. The summed E-state index contributed by atoms with van der Waals surface area (Å²) in [6.45, 7) is 2.07. The topological polar surface area (TPSA) is 176 Å². The summed E-state index contributed by atoms with van der Waals surface area (Å²) in [6.07, 6.45) is 0. The van der Waals surface area contributed by atoms with E-state index < -0.39 is 20.8 Å². The van der Waals surface area contributed by atoms with E-state index in [1.54, 1.807) is 24.3 Å². The normalized spacial score (nSPS) is 10.7. The maximum atomic E-state index is 12.2. The Hall–Kier alpha value is -3.70. The van der Waals surface area contributed by atoms with Gasteiger partial charge in [-0.3, -0.25) is 4.79 Å². The molecule has 9 nitrogen and oxygen atoms in total. The number of phenols is 1. The number of rotatable bonds is 3. The number of hydrogen-bond acceptors (Lipinski definition) is 7. The van der Waals surface area contributed by atoms with Crippen LogP contribution in [0.4, 0.5) is 5.69 Å². The lowest BCUT2D eigenvalue weighted by molar-refractivity contribution is -0.254. The lowest BCUT2D eigenvalue weighted by Gasteiger charge is -2.14. The van der Waals surface area contributed by atoms with Crippen molar-refractivity contribution in [3.8, 4) is 22.8 Å². The molecule has 33 heavy (non-hydrogen) atoms. The second-order valence-corrected chi connectivity index (χ2v) is 8.31. The molecule has 174 valence electrons. The molecular weight excluding hydrogens is 450 g/mol. The van der Waals surface area contributed by atoms with Gasteiger partial charge in [-0.1, -0.05) is 29.8 Å². The third-order valence-electron chi connectivity index (χ3n) is 4.58. The Morgan fingerprint density at radius 2 is 1.67 bits per heavy atom. The van der Waals surface area contributed by atoms with E-state index in [1.165, 1.54) is 12.7 Å². The predicted octanol–water partition coefficient (Wildman–Crippen LogP) is 2.12. The van der Waals surface area contributed by atoms with Crippen molar-refractivity contribution in [3.05, 3.63) is 82.5 Å². The first kappa shape index (κ1) is 25.6. The van der Waals surface area contributed by atoms with Crippen molar-refractivity contribution < 1.29 is 38.4 Å². The van der Waals surface area contributed by atoms with Crippen molar-refractivity contribution in [2.75, 3.05) is 7.11 Å². The Bertz CT molecular complexity index is 1410. The standard InChI is InChI=1S/C16H12O7S.C7H9N.H2O/c1-22-15-7-9(24(19,20)21)6-11(16(15)18)14-8-12(17)10-4-2-3-5-13(10)23-14;1-6-2-4-7(8)5-3-6;/h2-8,18H,1H3,(H,19,20,21);2-5H,8H2,1H3;1H2. The summed E-state index contributed by atoms with van der Waals surface area (Å²) in [7, 11) is -3.59. The number of methoxy groups -OCH3 is 1. The average Bonchev–Trinajstić information content (AvgIpc) is 2.75. The van der Waals surface area contributed by atoms with Gasteiger partial charge < -0.3 is 30.0 Å². The summed E-state index contributed by atoms with van der Waals surface area (Å²) in [6, 6.07) is 17.5. The zero-order valence-electron chi connectivity index (χ0n) is 17.9. The average molecular weight is 474 g/mol. The molecule has 3 aromatic carbocycles. The van der Waals surface area contributed by atoms with Crippen LogP contribution in [0.1, 0.15) is 5.56 Å². The number of hydrogen-bond donors (Lipinski definition) is 2. The minimum atomic E-state index is -4.80. The lowest BCUT2D eigenvalue weighted by Crippen LogP contribution is -2.39. The van der Waals surface area contributed by atoms with Crippen LogP contribution in [0.3, 0.4) is 0 Å². The highest BCUT2D eigenvalue weighted by Crippen LogP contribution is 2.39. The molecule has 1 heterocycles. The third-order valence-corrected chi connectivity index (χ3v) is 5.39. The smallest absolute Gasteiger partial charge is 0.193 e. The first-order chi connectivity index (χ1) is 15.1. The first-order valence-corrected chi connectivity index (χ1v) is 10.8. The zero-order valence-corrected chi connectivity index (χ0v) is 18.7. The molecule has 0 saturated heterocycles. The summed E-state index contributed by atoms with van der Waals surface area (Å²) < 4.78 is 44.3. The van der Waals surface area contributed by atoms with E-state index in [2.05, 4.69) is 24.8 Å². The van der Waals surface area contributed by atoms with Crippen LogP contribution in [0.15, 0.2) is 80.8 Å². The molecule has 0 aliphatic rings. The van der Waals surface area contributed by atoms with E-state index in [-0.39, 0.29) is 33.6 Å². The molecule has 0 bridgehead atoms.